The molecule has 0 aliphatic heterocycles. The third-order valence-corrected chi connectivity index (χ3v) is 3.70. The Labute approximate surface area is 150 Å². The number of nitrogens with zero attached hydrogens (tertiary/aromatic N) is 1. The van der Waals surface area contributed by atoms with Crippen molar-refractivity contribution in [1.82, 2.24) is 10.7 Å². The first-order valence-corrected chi connectivity index (χ1v) is 7.91. The lowest BCUT2D eigenvalue weighted by atomic mass is 10.1. The Hall–Kier alpha value is -2.86. The van der Waals surface area contributed by atoms with Crippen molar-refractivity contribution < 1.29 is 14.3 Å². The molecule has 0 saturated heterocycles. The molecule has 2 aromatic carbocycles. The molecule has 0 unspecified atom stereocenters. The number of nitrogens with one attached hydrogen (secondary N) is 2. The van der Waals surface area contributed by atoms with E-state index in [0.717, 1.165) is 5.56 Å². The van der Waals surface area contributed by atoms with Crippen LogP contribution < -0.4 is 15.5 Å². The number of halogens is 1. The predicted octanol–water partition coefficient (Wildman–Crippen LogP) is 2.68. The normalized spacial score (nSPS) is 11.8. The summed E-state index contributed by atoms with van der Waals surface area (Å²) in [6.07, 6.45) is 1.39. The number of methoxy groups -OCH3 is 1. The van der Waals surface area contributed by atoms with Crippen LogP contribution in [0.25, 0.3) is 0 Å². The third kappa shape index (κ3) is 5.32. The second-order valence-corrected chi connectivity index (χ2v) is 5.61. The monoisotopic (exact) mass is 359 g/mol. The zero-order valence-electron chi connectivity index (χ0n) is 13.8. The van der Waals surface area contributed by atoms with E-state index in [4.69, 9.17) is 16.3 Å². The molecule has 1 atom stereocenters. The van der Waals surface area contributed by atoms with E-state index in [1.807, 2.05) is 30.3 Å². The fourth-order valence-corrected chi connectivity index (χ4v) is 2.33. The molecule has 2 aromatic rings. The van der Waals surface area contributed by atoms with Crippen LogP contribution in [0.2, 0.25) is 5.02 Å². The van der Waals surface area contributed by atoms with E-state index in [1.165, 1.54) is 13.3 Å². The number of carbonyl (C=O) groups is 2. The van der Waals surface area contributed by atoms with Crippen molar-refractivity contribution in [3.05, 3.63) is 64.7 Å². The lowest BCUT2D eigenvalue weighted by molar-refractivity contribution is -0.139. The van der Waals surface area contributed by atoms with Crippen LogP contribution in [0.5, 0.6) is 5.75 Å². The van der Waals surface area contributed by atoms with Crippen molar-refractivity contribution >= 4 is 29.6 Å². The molecule has 0 aromatic heterocycles. The van der Waals surface area contributed by atoms with E-state index in [-0.39, 0.29) is 6.04 Å². The lowest BCUT2D eigenvalue weighted by Gasteiger charge is -2.13. The smallest absolute Gasteiger partial charge is 0.329 e. The molecule has 2 amide bonds. The van der Waals surface area contributed by atoms with E-state index in [1.54, 1.807) is 25.1 Å². The summed E-state index contributed by atoms with van der Waals surface area (Å²) in [5.74, 6) is -1.07. The van der Waals surface area contributed by atoms with Gasteiger partial charge in [0.2, 0.25) is 0 Å². The first-order chi connectivity index (χ1) is 12.0. The molecular formula is C18H18ClN3O3. The number of carbonyl (C=O) groups excluding carboxylic acids is 2. The molecule has 0 saturated carbocycles. The molecule has 0 bridgehead atoms. The van der Waals surface area contributed by atoms with Crippen molar-refractivity contribution in [1.29, 1.82) is 0 Å². The molecule has 25 heavy (non-hydrogen) atoms. The molecule has 7 heteroatoms. The van der Waals surface area contributed by atoms with Gasteiger partial charge in [0.25, 0.3) is 0 Å². The van der Waals surface area contributed by atoms with E-state index in [9.17, 15) is 9.59 Å². The van der Waals surface area contributed by atoms with Gasteiger partial charge in [0.15, 0.2) is 0 Å². The minimum absolute atomic E-state index is 0.288. The quantitative estimate of drug-likeness (QED) is 0.489. The average Bonchev–Trinajstić information content (AvgIpc) is 2.62. The van der Waals surface area contributed by atoms with Crippen LogP contribution in [0.15, 0.2) is 53.6 Å². The topological polar surface area (TPSA) is 79.8 Å². The van der Waals surface area contributed by atoms with Crippen LogP contribution >= 0.6 is 11.6 Å². The SMILES string of the molecule is COc1ccc(/C=N\NC(=O)C(=O)N[C@H](C)c2ccccc2)cc1Cl. The fraction of sp³-hybridized carbons (Fsp3) is 0.167. The van der Waals surface area contributed by atoms with Gasteiger partial charge in [-0.05, 0) is 36.2 Å². The lowest BCUT2D eigenvalue weighted by Crippen LogP contribution is -2.39. The average molecular weight is 360 g/mol. The highest BCUT2D eigenvalue weighted by Crippen LogP contribution is 2.24. The number of ether oxygens (including phenoxy) is 1. The van der Waals surface area contributed by atoms with Crippen molar-refractivity contribution in [2.24, 2.45) is 5.10 Å². The second-order valence-electron chi connectivity index (χ2n) is 5.20. The van der Waals surface area contributed by atoms with Gasteiger partial charge >= 0.3 is 11.8 Å². The van der Waals surface area contributed by atoms with Crippen molar-refractivity contribution in [3.8, 4) is 5.75 Å². The highest BCUT2D eigenvalue weighted by Gasteiger charge is 2.16. The van der Waals surface area contributed by atoms with Crippen LogP contribution in [-0.4, -0.2) is 25.1 Å². The van der Waals surface area contributed by atoms with Crippen molar-refractivity contribution in [3.63, 3.8) is 0 Å². The van der Waals surface area contributed by atoms with Crippen molar-refractivity contribution in [2.45, 2.75) is 13.0 Å². The Morgan fingerprint density at radius 1 is 1.16 bits per heavy atom. The summed E-state index contributed by atoms with van der Waals surface area (Å²) in [4.78, 5) is 23.7. The van der Waals surface area contributed by atoms with Gasteiger partial charge < -0.3 is 10.1 Å². The van der Waals surface area contributed by atoms with E-state index >= 15 is 0 Å². The number of rotatable bonds is 5. The first-order valence-electron chi connectivity index (χ1n) is 7.53. The number of hydrogen-bond acceptors (Lipinski definition) is 4. The highest BCUT2D eigenvalue weighted by molar-refractivity contribution is 6.35. The van der Waals surface area contributed by atoms with Gasteiger partial charge in [-0.15, -0.1) is 0 Å². The van der Waals surface area contributed by atoms with Crippen LogP contribution in [0, 0.1) is 0 Å². The zero-order valence-corrected chi connectivity index (χ0v) is 14.6. The maximum absolute atomic E-state index is 11.9. The van der Waals surface area contributed by atoms with E-state index in [2.05, 4.69) is 15.8 Å². The highest BCUT2D eigenvalue weighted by atomic mass is 35.5. The summed E-state index contributed by atoms with van der Waals surface area (Å²) < 4.78 is 5.05. The van der Waals surface area contributed by atoms with Gasteiger partial charge in [-0.3, -0.25) is 9.59 Å². The fourth-order valence-electron chi connectivity index (χ4n) is 2.07. The Kier molecular flexibility index (Phi) is 6.54. The minimum Gasteiger partial charge on any atom is -0.495 e. The zero-order chi connectivity index (χ0) is 18.2. The van der Waals surface area contributed by atoms with Gasteiger partial charge in [-0.2, -0.15) is 5.10 Å². The summed E-state index contributed by atoms with van der Waals surface area (Å²) in [5.41, 5.74) is 3.74. The molecule has 2 rings (SSSR count). The predicted molar refractivity (Wildman–Crippen MR) is 96.7 cm³/mol. The Morgan fingerprint density at radius 3 is 2.52 bits per heavy atom. The molecule has 0 fully saturated rings. The first kappa shape index (κ1) is 18.5. The molecule has 2 N–H and O–H groups in total. The summed E-state index contributed by atoms with van der Waals surface area (Å²) in [5, 5.41) is 6.78. The summed E-state index contributed by atoms with van der Waals surface area (Å²) in [7, 11) is 1.52. The largest absolute Gasteiger partial charge is 0.495 e. The number of benzene rings is 2. The van der Waals surface area contributed by atoms with Crippen LogP contribution in [0.3, 0.4) is 0 Å². The Bertz CT molecular complexity index is 778. The Balaban J connectivity index is 1.89. The maximum atomic E-state index is 11.9. The maximum Gasteiger partial charge on any atom is 0.329 e. The van der Waals surface area contributed by atoms with Crippen LogP contribution in [-0.2, 0) is 9.59 Å². The van der Waals surface area contributed by atoms with Gasteiger partial charge in [-0.1, -0.05) is 41.9 Å². The van der Waals surface area contributed by atoms with Gasteiger partial charge in [-0.25, -0.2) is 5.43 Å². The molecular weight excluding hydrogens is 342 g/mol. The van der Waals surface area contributed by atoms with Gasteiger partial charge in [0.1, 0.15) is 5.75 Å². The molecule has 0 aliphatic rings. The molecule has 0 radical (unpaired) electrons. The van der Waals surface area contributed by atoms with Crippen LogP contribution in [0.1, 0.15) is 24.1 Å². The van der Waals surface area contributed by atoms with E-state index < -0.39 is 11.8 Å². The third-order valence-electron chi connectivity index (χ3n) is 3.41. The van der Waals surface area contributed by atoms with Gasteiger partial charge in [0.05, 0.1) is 24.4 Å². The molecule has 0 aliphatic carbocycles. The summed E-state index contributed by atoms with van der Waals surface area (Å²) >= 11 is 6.00. The number of amides is 2. The summed E-state index contributed by atoms with van der Waals surface area (Å²) in [6.45, 7) is 1.79. The molecule has 0 heterocycles. The number of hydrogen-bond donors (Lipinski definition) is 2. The van der Waals surface area contributed by atoms with Gasteiger partial charge in [0, 0.05) is 0 Å². The Morgan fingerprint density at radius 2 is 1.88 bits per heavy atom. The number of hydrazone groups is 1. The standard InChI is InChI=1S/C18H18ClN3O3/c1-12(14-6-4-3-5-7-14)21-17(23)18(24)22-20-11-13-8-9-16(25-2)15(19)10-13/h3-12H,1-2H3,(H,21,23)(H,22,24)/b20-11-/t12-/m1/s1. The minimum atomic E-state index is -0.848. The molecule has 130 valence electrons. The van der Waals surface area contributed by atoms with E-state index in [0.29, 0.717) is 16.3 Å². The molecule has 6 nitrogen and oxygen atoms in total. The van der Waals surface area contributed by atoms with Crippen molar-refractivity contribution in [2.75, 3.05) is 7.11 Å². The van der Waals surface area contributed by atoms with Crippen LogP contribution in [0.4, 0.5) is 0 Å². The summed E-state index contributed by atoms with van der Waals surface area (Å²) in [6, 6.07) is 14.1. The molecule has 0 spiro atoms. The second kappa shape index (κ2) is 8.84.